The standard InChI is InChI=1S/C49H33NO/c1-48(2)40-22-11-12-25-44(40)50-45-29-31(37-28-30-14-3-4-15-32(30)33-16-5-6-17-34(33)37)26-27-41(45)49(43-24-13-23-42(48)46(43)50)38-20-9-7-18-35(38)47(51)36-19-8-10-21-39(36)49/h3-29H,1-2H3. The molecule has 8 aromatic carbocycles. The summed E-state index contributed by atoms with van der Waals surface area (Å²) in [4.78, 5) is 16.8. The maximum absolute atomic E-state index is 14.3. The lowest BCUT2D eigenvalue weighted by atomic mass is 9.56. The van der Waals surface area contributed by atoms with Gasteiger partial charge in [0, 0.05) is 16.5 Å². The lowest BCUT2D eigenvalue weighted by molar-refractivity contribution is 0.103. The number of hydrogen-bond donors (Lipinski definition) is 0. The van der Waals surface area contributed by atoms with E-state index in [2.05, 4.69) is 158 Å². The summed E-state index contributed by atoms with van der Waals surface area (Å²) < 4.78 is 0. The van der Waals surface area contributed by atoms with E-state index in [9.17, 15) is 4.79 Å². The van der Waals surface area contributed by atoms with Crippen LogP contribution in [0.15, 0.2) is 164 Å². The van der Waals surface area contributed by atoms with Gasteiger partial charge in [0.25, 0.3) is 0 Å². The molecule has 2 heterocycles. The monoisotopic (exact) mass is 651 g/mol. The molecule has 0 N–H and O–H groups in total. The Kier molecular flexibility index (Phi) is 5.56. The molecule has 2 heteroatoms. The predicted octanol–water partition coefficient (Wildman–Crippen LogP) is 12.0. The number of nitrogens with zero attached hydrogens (tertiary/aromatic N) is 1. The lowest BCUT2D eigenvalue weighted by Crippen LogP contribution is -2.44. The summed E-state index contributed by atoms with van der Waals surface area (Å²) in [7, 11) is 0. The van der Waals surface area contributed by atoms with E-state index < -0.39 is 5.41 Å². The third-order valence-electron chi connectivity index (χ3n) is 12.0. The van der Waals surface area contributed by atoms with Crippen LogP contribution >= 0.6 is 0 Å². The van der Waals surface area contributed by atoms with Crippen molar-refractivity contribution in [1.29, 1.82) is 0 Å². The third kappa shape index (κ3) is 3.49. The molecule has 0 radical (unpaired) electrons. The minimum absolute atomic E-state index is 0.0885. The molecule has 2 nitrogen and oxygen atoms in total. The van der Waals surface area contributed by atoms with E-state index >= 15 is 0 Å². The van der Waals surface area contributed by atoms with Crippen LogP contribution in [-0.4, -0.2) is 5.78 Å². The van der Waals surface area contributed by atoms with Crippen LogP contribution in [0.3, 0.4) is 0 Å². The van der Waals surface area contributed by atoms with Crippen molar-refractivity contribution in [2.75, 3.05) is 4.90 Å². The first-order valence-electron chi connectivity index (χ1n) is 17.8. The Bertz CT molecular complexity index is 2770. The zero-order valence-corrected chi connectivity index (χ0v) is 28.4. The number of benzene rings is 8. The van der Waals surface area contributed by atoms with Gasteiger partial charge in [0.2, 0.25) is 0 Å². The highest BCUT2D eigenvalue weighted by Crippen LogP contribution is 2.65. The summed E-state index contributed by atoms with van der Waals surface area (Å²) in [5.74, 6) is 0.0885. The van der Waals surface area contributed by atoms with Gasteiger partial charge in [-0.05, 0) is 84.3 Å². The molecule has 0 unspecified atom stereocenters. The minimum atomic E-state index is -0.704. The molecule has 1 aliphatic carbocycles. The highest BCUT2D eigenvalue weighted by molar-refractivity contribution is 6.16. The fourth-order valence-electron chi connectivity index (χ4n) is 9.83. The van der Waals surface area contributed by atoms with E-state index in [0.717, 1.165) is 27.9 Å². The van der Waals surface area contributed by atoms with Gasteiger partial charge in [0.05, 0.1) is 22.5 Å². The van der Waals surface area contributed by atoms with Crippen LogP contribution in [0.5, 0.6) is 0 Å². The van der Waals surface area contributed by atoms with Crippen LogP contribution in [0, 0.1) is 0 Å². The van der Waals surface area contributed by atoms with Gasteiger partial charge in [-0.2, -0.15) is 0 Å². The van der Waals surface area contributed by atoms with Crippen molar-refractivity contribution < 1.29 is 4.79 Å². The average molecular weight is 652 g/mol. The quantitative estimate of drug-likeness (QED) is 0.165. The zero-order chi connectivity index (χ0) is 34.1. The molecule has 8 aromatic rings. The van der Waals surface area contributed by atoms with Crippen molar-refractivity contribution >= 4 is 44.4 Å². The molecule has 3 aliphatic rings. The first-order valence-corrected chi connectivity index (χ1v) is 17.8. The van der Waals surface area contributed by atoms with Gasteiger partial charge in [-0.15, -0.1) is 0 Å². The van der Waals surface area contributed by atoms with Gasteiger partial charge in [0.15, 0.2) is 5.78 Å². The first kappa shape index (κ1) is 28.6. The number of para-hydroxylation sites is 2. The Morgan fingerprint density at radius 1 is 0.431 bits per heavy atom. The molecule has 2 aliphatic heterocycles. The number of hydrogen-bond acceptors (Lipinski definition) is 2. The number of carbonyl (C=O) groups excluding carboxylic acids is 1. The topological polar surface area (TPSA) is 20.3 Å². The number of fused-ring (bicyclic) bond motifs is 13. The van der Waals surface area contributed by atoms with Crippen molar-refractivity contribution in [2.24, 2.45) is 0 Å². The van der Waals surface area contributed by atoms with Crippen molar-refractivity contribution in [3.05, 3.63) is 208 Å². The number of carbonyl (C=O) groups is 1. The van der Waals surface area contributed by atoms with Crippen molar-refractivity contribution in [2.45, 2.75) is 24.7 Å². The molecule has 0 bridgehead atoms. The Balaban J connectivity index is 1.32. The van der Waals surface area contributed by atoms with Gasteiger partial charge in [-0.3, -0.25) is 4.79 Å². The molecule has 0 amide bonds. The molecule has 0 saturated carbocycles. The number of rotatable bonds is 1. The highest BCUT2D eigenvalue weighted by atomic mass is 16.1. The van der Waals surface area contributed by atoms with Gasteiger partial charge in [0.1, 0.15) is 0 Å². The molecule has 0 aromatic heterocycles. The highest BCUT2D eigenvalue weighted by Gasteiger charge is 2.54. The summed E-state index contributed by atoms with van der Waals surface area (Å²) in [5, 5.41) is 4.99. The van der Waals surface area contributed by atoms with Gasteiger partial charge in [-0.1, -0.05) is 159 Å². The summed E-state index contributed by atoms with van der Waals surface area (Å²) in [5.41, 5.74) is 13.6. The van der Waals surface area contributed by atoms with Crippen LogP contribution in [0.2, 0.25) is 0 Å². The number of ketones is 1. The van der Waals surface area contributed by atoms with E-state index in [0.29, 0.717) is 0 Å². The number of anilines is 3. The molecule has 0 saturated heterocycles. The second-order valence-corrected chi connectivity index (χ2v) is 14.8. The SMILES string of the molecule is CC1(C)c2ccccc2N2c3cc(-c4cc5ccccc5c5ccccc45)ccc3C3(c4ccccc4C(=O)c4ccccc43)c3cccc1c32. The molecule has 1 spiro atoms. The average Bonchev–Trinajstić information content (AvgIpc) is 3.18. The maximum atomic E-state index is 14.3. The van der Waals surface area contributed by atoms with Crippen LogP contribution in [-0.2, 0) is 10.8 Å². The fraction of sp³-hybridized carbons (Fsp3) is 0.0816. The smallest absolute Gasteiger partial charge is 0.193 e. The van der Waals surface area contributed by atoms with E-state index in [4.69, 9.17) is 0 Å². The maximum Gasteiger partial charge on any atom is 0.193 e. The fourth-order valence-corrected chi connectivity index (χ4v) is 9.83. The van der Waals surface area contributed by atoms with E-state index in [-0.39, 0.29) is 11.2 Å². The molecule has 0 atom stereocenters. The Morgan fingerprint density at radius 3 is 1.78 bits per heavy atom. The first-order chi connectivity index (χ1) is 25.0. The lowest BCUT2D eigenvalue weighted by Gasteiger charge is -2.53. The van der Waals surface area contributed by atoms with Crippen LogP contribution in [0.25, 0.3) is 32.7 Å². The molecule has 240 valence electrons. The van der Waals surface area contributed by atoms with E-state index in [1.807, 2.05) is 24.3 Å². The normalized spacial score (nSPS) is 15.6. The van der Waals surface area contributed by atoms with Crippen LogP contribution < -0.4 is 4.90 Å². The molecular weight excluding hydrogens is 619 g/mol. The van der Waals surface area contributed by atoms with Crippen molar-refractivity contribution in [3.63, 3.8) is 0 Å². The molecule has 11 rings (SSSR count). The predicted molar refractivity (Wildman–Crippen MR) is 209 cm³/mol. The summed E-state index contributed by atoms with van der Waals surface area (Å²) in [6.07, 6.45) is 0. The van der Waals surface area contributed by atoms with E-state index in [1.165, 1.54) is 66.3 Å². The summed E-state index contributed by atoms with van der Waals surface area (Å²) in [6.45, 7) is 4.70. The molecular formula is C49H33NO. The molecule has 51 heavy (non-hydrogen) atoms. The summed E-state index contributed by atoms with van der Waals surface area (Å²) >= 11 is 0. The third-order valence-corrected chi connectivity index (χ3v) is 12.0. The minimum Gasteiger partial charge on any atom is -0.309 e. The van der Waals surface area contributed by atoms with Crippen LogP contribution in [0.1, 0.15) is 63.1 Å². The largest absolute Gasteiger partial charge is 0.309 e. The van der Waals surface area contributed by atoms with Gasteiger partial charge in [-0.25, -0.2) is 0 Å². The summed E-state index contributed by atoms with van der Waals surface area (Å²) in [6, 6.07) is 59.3. The Morgan fingerprint density at radius 2 is 1.02 bits per heavy atom. The second-order valence-electron chi connectivity index (χ2n) is 14.8. The van der Waals surface area contributed by atoms with Gasteiger partial charge < -0.3 is 4.90 Å². The Labute approximate surface area is 297 Å². The second kappa shape index (κ2) is 9.93. The van der Waals surface area contributed by atoms with E-state index in [1.54, 1.807) is 0 Å². The zero-order valence-electron chi connectivity index (χ0n) is 28.4. The molecule has 0 fully saturated rings. The van der Waals surface area contributed by atoms with Gasteiger partial charge >= 0.3 is 0 Å². The Hall–Kier alpha value is -6.25. The van der Waals surface area contributed by atoms with Crippen molar-refractivity contribution in [3.8, 4) is 11.1 Å². The van der Waals surface area contributed by atoms with Crippen molar-refractivity contribution in [1.82, 2.24) is 0 Å². The van der Waals surface area contributed by atoms with Crippen LogP contribution in [0.4, 0.5) is 17.1 Å².